The van der Waals surface area contributed by atoms with E-state index >= 15 is 0 Å². The molecule has 1 atom stereocenters. The molecule has 0 heterocycles. The lowest BCUT2D eigenvalue weighted by Gasteiger charge is -2.15. The van der Waals surface area contributed by atoms with Crippen molar-refractivity contribution in [3.63, 3.8) is 0 Å². The predicted octanol–water partition coefficient (Wildman–Crippen LogP) is 0.812. The zero-order valence-corrected chi connectivity index (χ0v) is 11.0. The van der Waals surface area contributed by atoms with Crippen molar-refractivity contribution in [2.75, 3.05) is 23.1 Å². The molecular weight excluding hydrogens is 256 g/mol. The lowest BCUT2D eigenvalue weighted by Crippen LogP contribution is -2.25. The number of hydrogen-bond donors (Lipinski definition) is 3. The molecule has 4 N–H and O–H groups in total. The number of rotatable bonds is 5. The molecule has 0 radical (unpaired) electrons. The lowest BCUT2D eigenvalue weighted by molar-refractivity contribution is 0.0698. The molecule has 100 valence electrons. The maximum Gasteiger partial charge on any atom is 0.337 e. The van der Waals surface area contributed by atoms with Crippen LogP contribution in [0.25, 0.3) is 0 Å². The molecule has 1 aromatic carbocycles. The zero-order chi connectivity index (χ0) is 13.9. The van der Waals surface area contributed by atoms with Crippen LogP contribution in [0.3, 0.4) is 0 Å². The second-order valence-corrected chi connectivity index (χ2v) is 6.43. The molecule has 7 heteroatoms. The van der Waals surface area contributed by atoms with Crippen LogP contribution in [-0.2, 0) is 9.84 Å². The van der Waals surface area contributed by atoms with Crippen molar-refractivity contribution in [2.45, 2.75) is 13.0 Å². The number of anilines is 2. The molecule has 0 aliphatic heterocycles. The van der Waals surface area contributed by atoms with Crippen molar-refractivity contribution in [1.82, 2.24) is 0 Å². The number of carboxylic acid groups (broad SMARTS) is 1. The van der Waals surface area contributed by atoms with Gasteiger partial charge in [0, 0.05) is 23.7 Å². The van der Waals surface area contributed by atoms with Crippen LogP contribution in [0.2, 0.25) is 0 Å². The lowest BCUT2D eigenvalue weighted by atomic mass is 10.1. The van der Waals surface area contributed by atoms with Gasteiger partial charge in [0.2, 0.25) is 0 Å². The summed E-state index contributed by atoms with van der Waals surface area (Å²) < 4.78 is 22.2. The SMILES string of the molecule is CC(CS(C)(=O)=O)Nc1ccc(C(=O)O)c(N)c1. The first-order chi connectivity index (χ1) is 8.19. The van der Waals surface area contributed by atoms with Crippen LogP contribution in [0.1, 0.15) is 17.3 Å². The summed E-state index contributed by atoms with van der Waals surface area (Å²) in [5.74, 6) is -1.10. The van der Waals surface area contributed by atoms with Gasteiger partial charge in [-0.1, -0.05) is 0 Å². The number of carbonyl (C=O) groups is 1. The van der Waals surface area contributed by atoms with Gasteiger partial charge < -0.3 is 16.2 Å². The highest BCUT2D eigenvalue weighted by Gasteiger charge is 2.12. The van der Waals surface area contributed by atoms with Crippen molar-refractivity contribution >= 4 is 27.2 Å². The van der Waals surface area contributed by atoms with Gasteiger partial charge in [-0.2, -0.15) is 0 Å². The van der Waals surface area contributed by atoms with Crippen LogP contribution in [0.4, 0.5) is 11.4 Å². The molecule has 0 aromatic heterocycles. The van der Waals surface area contributed by atoms with Crippen LogP contribution >= 0.6 is 0 Å². The number of nitrogens with one attached hydrogen (secondary N) is 1. The quantitative estimate of drug-likeness (QED) is 0.684. The second kappa shape index (κ2) is 5.26. The molecule has 0 spiro atoms. The van der Waals surface area contributed by atoms with E-state index in [0.29, 0.717) is 5.69 Å². The second-order valence-electron chi connectivity index (χ2n) is 4.24. The molecule has 0 saturated heterocycles. The normalized spacial score (nSPS) is 13.0. The Kier molecular flexibility index (Phi) is 4.18. The van der Waals surface area contributed by atoms with E-state index in [9.17, 15) is 13.2 Å². The van der Waals surface area contributed by atoms with Gasteiger partial charge in [-0.15, -0.1) is 0 Å². The molecule has 0 bridgehead atoms. The minimum atomic E-state index is -3.06. The minimum absolute atomic E-state index is 0.00636. The maximum absolute atomic E-state index is 11.1. The number of nitrogens with two attached hydrogens (primary N) is 1. The largest absolute Gasteiger partial charge is 0.478 e. The number of carboxylic acids is 1. The molecule has 0 aliphatic carbocycles. The third kappa shape index (κ3) is 4.25. The fourth-order valence-corrected chi connectivity index (χ4v) is 2.62. The molecule has 0 amide bonds. The number of aromatic carboxylic acids is 1. The van der Waals surface area contributed by atoms with Crippen LogP contribution in [-0.4, -0.2) is 37.5 Å². The Hall–Kier alpha value is -1.76. The van der Waals surface area contributed by atoms with Crippen LogP contribution in [0.15, 0.2) is 18.2 Å². The smallest absolute Gasteiger partial charge is 0.337 e. The fourth-order valence-electron chi connectivity index (χ4n) is 1.63. The van der Waals surface area contributed by atoms with E-state index in [1.165, 1.54) is 12.1 Å². The molecule has 1 rings (SSSR count). The molecular formula is C11H16N2O4S. The first kappa shape index (κ1) is 14.3. The van der Waals surface area contributed by atoms with E-state index in [4.69, 9.17) is 10.8 Å². The van der Waals surface area contributed by atoms with Gasteiger partial charge in [0.15, 0.2) is 0 Å². The van der Waals surface area contributed by atoms with Gasteiger partial charge >= 0.3 is 5.97 Å². The maximum atomic E-state index is 11.1. The molecule has 6 nitrogen and oxygen atoms in total. The Morgan fingerprint density at radius 1 is 1.50 bits per heavy atom. The van der Waals surface area contributed by atoms with Gasteiger partial charge in [-0.3, -0.25) is 0 Å². The Balaban J connectivity index is 2.81. The third-order valence-electron chi connectivity index (χ3n) is 2.25. The van der Waals surface area contributed by atoms with Gasteiger partial charge in [0.1, 0.15) is 9.84 Å². The predicted molar refractivity (Wildman–Crippen MR) is 70.6 cm³/mol. The van der Waals surface area contributed by atoms with E-state index in [0.717, 1.165) is 6.26 Å². The topological polar surface area (TPSA) is 109 Å². The van der Waals surface area contributed by atoms with Gasteiger partial charge in [0.25, 0.3) is 0 Å². The minimum Gasteiger partial charge on any atom is -0.478 e. The van der Waals surface area contributed by atoms with Crippen molar-refractivity contribution < 1.29 is 18.3 Å². The van der Waals surface area contributed by atoms with Gasteiger partial charge in [-0.05, 0) is 25.1 Å². The summed E-state index contributed by atoms with van der Waals surface area (Å²) in [4.78, 5) is 10.8. The van der Waals surface area contributed by atoms with Gasteiger partial charge in [0.05, 0.1) is 11.3 Å². The van der Waals surface area contributed by atoms with Crippen LogP contribution in [0, 0.1) is 0 Å². The summed E-state index contributed by atoms with van der Waals surface area (Å²) in [7, 11) is -3.06. The molecule has 1 aromatic rings. The Bertz CT molecular complexity index is 554. The van der Waals surface area contributed by atoms with Gasteiger partial charge in [-0.25, -0.2) is 13.2 Å². The third-order valence-corrected chi connectivity index (χ3v) is 3.35. The van der Waals surface area contributed by atoms with Crippen molar-refractivity contribution in [1.29, 1.82) is 0 Å². The molecule has 0 saturated carbocycles. The summed E-state index contributed by atoms with van der Waals surface area (Å²) >= 11 is 0. The molecule has 18 heavy (non-hydrogen) atoms. The first-order valence-electron chi connectivity index (χ1n) is 5.26. The highest BCUT2D eigenvalue weighted by molar-refractivity contribution is 7.90. The fraction of sp³-hybridized carbons (Fsp3) is 0.364. The van der Waals surface area contributed by atoms with Crippen molar-refractivity contribution in [3.05, 3.63) is 23.8 Å². The summed E-state index contributed by atoms with van der Waals surface area (Å²) in [6.45, 7) is 1.72. The Labute approximate surface area is 106 Å². The molecule has 0 aliphatic rings. The summed E-state index contributed by atoms with van der Waals surface area (Å²) in [5.41, 5.74) is 6.34. The van der Waals surface area contributed by atoms with Crippen molar-refractivity contribution in [3.8, 4) is 0 Å². The van der Waals surface area contributed by atoms with Crippen LogP contribution < -0.4 is 11.1 Å². The number of nitrogen functional groups attached to an aromatic ring is 1. The highest BCUT2D eigenvalue weighted by atomic mass is 32.2. The number of sulfone groups is 1. The van der Waals surface area contributed by atoms with E-state index in [2.05, 4.69) is 5.32 Å². The summed E-state index contributed by atoms with van der Waals surface area (Å²) in [6.07, 6.45) is 1.16. The van der Waals surface area contributed by atoms with Crippen molar-refractivity contribution in [2.24, 2.45) is 0 Å². The van der Waals surface area contributed by atoms with Crippen LogP contribution in [0.5, 0.6) is 0 Å². The summed E-state index contributed by atoms with van der Waals surface area (Å²) in [5, 5.41) is 11.8. The Morgan fingerprint density at radius 3 is 2.56 bits per heavy atom. The average Bonchev–Trinajstić information content (AvgIpc) is 2.13. The molecule has 1 unspecified atom stereocenters. The first-order valence-corrected chi connectivity index (χ1v) is 7.32. The van der Waals surface area contributed by atoms with E-state index < -0.39 is 15.8 Å². The number of benzene rings is 1. The average molecular weight is 272 g/mol. The van der Waals surface area contributed by atoms with E-state index in [1.807, 2.05) is 0 Å². The summed E-state index contributed by atoms with van der Waals surface area (Å²) in [6, 6.07) is 4.13. The monoisotopic (exact) mass is 272 g/mol. The zero-order valence-electron chi connectivity index (χ0n) is 10.2. The standard InChI is InChI=1S/C11H16N2O4S/c1-7(6-18(2,16)17)13-8-3-4-9(11(14)15)10(12)5-8/h3-5,7,13H,6,12H2,1-2H3,(H,14,15). The van der Waals surface area contributed by atoms with E-state index in [1.54, 1.807) is 13.0 Å². The highest BCUT2D eigenvalue weighted by Crippen LogP contribution is 2.18. The number of hydrogen-bond acceptors (Lipinski definition) is 5. The Morgan fingerprint density at radius 2 is 2.11 bits per heavy atom. The van der Waals surface area contributed by atoms with E-state index in [-0.39, 0.29) is 23.0 Å². The molecule has 0 fully saturated rings.